The fourth-order valence-electron chi connectivity index (χ4n) is 3.13. The first-order chi connectivity index (χ1) is 12.6. The van der Waals surface area contributed by atoms with Crippen molar-refractivity contribution in [1.29, 1.82) is 0 Å². The lowest BCUT2D eigenvalue weighted by Crippen LogP contribution is -2.30. The maximum Gasteiger partial charge on any atom is 0.242 e. The van der Waals surface area contributed by atoms with Gasteiger partial charge in [0.2, 0.25) is 5.91 Å². The van der Waals surface area contributed by atoms with Crippen molar-refractivity contribution in [2.24, 2.45) is 5.10 Å². The molecule has 1 aromatic heterocycles. The summed E-state index contributed by atoms with van der Waals surface area (Å²) in [6, 6.07) is 8.32. The highest BCUT2D eigenvalue weighted by molar-refractivity contribution is 6.01. The number of unbranched alkanes of at least 4 members (excludes halogenated alkanes) is 2. The van der Waals surface area contributed by atoms with Crippen LogP contribution in [0, 0.1) is 6.92 Å². The van der Waals surface area contributed by atoms with Gasteiger partial charge in [-0.1, -0.05) is 44.0 Å². The molecule has 138 valence electrons. The number of rotatable bonds is 7. The van der Waals surface area contributed by atoms with Gasteiger partial charge in [-0.25, -0.2) is 14.7 Å². The number of hydrogen-bond acceptors (Lipinski definition) is 4. The van der Waals surface area contributed by atoms with Gasteiger partial charge in [-0.05, 0) is 24.5 Å². The number of aromatic nitrogens is 3. The van der Waals surface area contributed by atoms with Crippen LogP contribution in [-0.4, -0.2) is 38.4 Å². The van der Waals surface area contributed by atoms with E-state index in [4.69, 9.17) is 10.1 Å². The second kappa shape index (κ2) is 8.25. The number of aryl methyl sites for hydroxylation is 2. The molecule has 0 unspecified atom stereocenters. The largest absolute Gasteiger partial charge is 0.273 e. The predicted octanol–water partition coefficient (Wildman–Crippen LogP) is 3.32. The molecule has 6 heteroatoms. The Morgan fingerprint density at radius 2 is 1.96 bits per heavy atom. The number of amides is 1. The Morgan fingerprint density at radius 3 is 2.69 bits per heavy atom. The summed E-state index contributed by atoms with van der Waals surface area (Å²) in [6.45, 7) is 4.97. The molecule has 26 heavy (non-hydrogen) atoms. The van der Waals surface area contributed by atoms with Gasteiger partial charge in [0.25, 0.3) is 0 Å². The third-order valence-electron chi connectivity index (χ3n) is 4.77. The highest BCUT2D eigenvalue weighted by Gasteiger charge is 2.23. The van der Waals surface area contributed by atoms with Crippen LogP contribution in [-0.2, 0) is 17.8 Å². The molecule has 0 saturated carbocycles. The van der Waals surface area contributed by atoms with E-state index < -0.39 is 0 Å². The molecular weight excluding hydrogens is 326 g/mol. The average Bonchev–Trinajstić information content (AvgIpc) is 3.02. The minimum atomic E-state index is 0.0434. The van der Waals surface area contributed by atoms with Crippen molar-refractivity contribution in [3.8, 4) is 0 Å². The SMILES string of the molecule is CCCCCc1nc(C2=NN(C)C(=O)CC2)n(Cc2ccccc2C)n1. The second-order valence-corrected chi connectivity index (χ2v) is 6.86. The van der Waals surface area contributed by atoms with Crippen LogP contribution in [0.4, 0.5) is 0 Å². The van der Waals surface area contributed by atoms with Gasteiger partial charge in [-0.2, -0.15) is 10.2 Å². The molecule has 3 rings (SSSR count). The van der Waals surface area contributed by atoms with Crippen molar-refractivity contribution in [1.82, 2.24) is 19.8 Å². The third kappa shape index (κ3) is 4.18. The van der Waals surface area contributed by atoms with Crippen LogP contribution in [0.15, 0.2) is 29.4 Å². The molecule has 0 spiro atoms. The van der Waals surface area contributed by atoms with Gasteiger partial charge in [0.1, 0.15) is 5.71 Å². The zero-order valence-corrected chi connectivity index (χ0v) is 15.9. The van der Waals surface area contributed by atoms with Crippen LogP contribution in [0.25, 0.3) is 0 Å². The summed E-state index contributed by atoms with van der Waals surface area (Å²) in [4.78, 5) is 16.5. The van der Waals surface area contributed by atoms with E-state index in [9.17, 15) is 4.79 Å². The number of carbonyl (C=O) groups excluding carboxylic acids is 1. The molecular formula is C20H27N5O. The summed E-state index contributed by atoms with van der Waals surface area (Å²) >= 11 is 0. The summed E-state index contributed by atoms with van der Waals surface area (Å²) in [5.41, 5.74) is 3.30. The standard InChI is InChI=1S/C20H27N5O/c1-4-5-6-11-18-21-20(17-12-13-19(26)24(3)22-17)25(23-18)14-16-10-8-7-9-15(16)2/h7-10H,4-6,11-14H2,1-3H3. The van der Waals surface area contributed by atoms with E-state index in [-0.39, 0.29) is 5.91 Å². The highest BCUT2D eigenvalue weighted by atomic mass is 16.2. The van der Waals surface area contributed by atoms with Crippen molar-refractivity contribution in [2.75, 3.05) is 7.05 Å². The zero-order valence-electron chi connectivity index (χ0n) is 15.9. The Hall–Kier alpha value is -2.50. The molecule has 0 saturated heterocycles. The average molecular weight is 353 g/mol. The maximum absolute atomic E-state index is 11.7. The fraction of sp³-hybridized carbons (Fsp3) is 0.500. The van der Waals surface area contributed by atoms with Crippen LogP contribution >= 0.6 is 0 Å². The smallest absolute Gasteiger partial charge is 0.242 e. The van der Waals surface area contributed by atoms with E-state index in [0.717, 1.165) is 30.2 Å². The molecule has 2 heterocycles. The molecule has 1 aromatic carbocycles. The molecule has 1 aliphatic heterocycles. The maximum atomic E-state index is 11.7. The Bertz CT molecular complexity index is 808. The lowest BCUT2D eigenvalue weighted by atomic mass is 10.1. The minimum absolute atomic E-state index is 0.0434. The van der Waals surface area contributed by atoms with Gasteiger partial charge >= 0.3 is 0 Å². The minimum Gasteiger partial charge on any atom is -0.273 e. The summed E-state index contributed by atoms with van der Waals surface area (Å²) in [7, 11) is 1.70. The van der Waals surface area contributed by atoms with Crippen LogP contribution < -0.4 is 0 Å². The van der Waals surface area contributed by atoms with Gasteiger partial charge in [0.15, 0.2) is 11.6 Å². The summed E-state index contributed by atoms with van der Waals surface area (Å²) < 4.78 is 1.95. The summed E-state index contributed by atoms with van der Waals surface area (Å²) in [5, 5.41) is 10.6. The van der Waals surface area contributed by atoms with E-state index in [0.29, 0.717) is 19.4 Å². The first kappa shape index (κ1) is 18.3. The van der Waals surface area contributed by atoms with E-state index in [1.165, 1.54) is 29.0 Å². The molecule has 0 aliphatic carbocycles. The van der Waals surface area contributed by atoms with Crippen LogP contribution in [0.1, 0.15) is 61.8 Å². The molecule has 6 nitrogen and oxygen atoms in total. The molecule has 0 fully saturated rings. The molecule has 2 aromatic rings. The lowest BCUT2D eigenvalue weighted by Gasteiger charge is -2.19. The molecule has 0 radical (unpaired) electrons. The number of benzene rings is 1. The normalized spacial score (nSPS) is 14.7. The van der Waals surface area contributed by atoms with Gasteiger partial charge in [-0.15, -0.1) is 0 Å². The van der Waals surface area contributed by atoms with E-state index in [1.807, 2.05) is 16.8 Å². The van der Waals surface area contributed by atoms with E-state index in [1.54, 1.807) is 7.05 Å². The number of hydrogen-bond donors (Lipinski definition) is 0. The quantitative estimate of drug-likeness (QED) is 0.717. The van der Waals surface area contributed by atoms with Gasteiger partial charge < -0.3 is 0 Å². The third-order valence-corrected chi connectivity index (χ3v) is 4.77. The summed E-state index contributed by atoms with van der Waals surface area (Å²) in [5.74, 6) is 1.70. The fourth-order valence-corrected chi connectivity index (χ4v) is 3.13. The monoisotopic (exact) mass is 353 g/mol. The zero-order chi connectivity index (χ0) is 18.5. The molecule has 1 amide bonds. The molecule has 0 atom stereocenters. The van der Waals surface area contributed by atoms with Crippen molar-refractivity contribution < 1.29 is 4.79 Å². The first-order valence-corrected chi connectivity index (χ1v) is 9.41. The Labute approximate surface area is 154 Å². The van der Waals surface area contributed by atoms with Crippen molar-refractivity contribution in [2.45, 2.75) is 58.9 Å². The van der Waals surface area contributed by atoms with Crippen LogP contribution in [0.3, 0.4) is 0 Å². The van der Waals surface area contributed by atoms with Gasteiger partial charge in [0.05, 0.1) is 6.54 Å². The van der Waals surface area contributed by atoms with E-state index in [2.05, 4.69) is 31.1 Å². The number of nitrogens with zero attached hydrogens (tertiary/aromatic N) is 5. The number of hydrazone groups is 1. The van der Waals surface area contributed by atoms with Crippen molar-refractivity contribution in [3.05, 3.63) is 47.0 Å². The topological polar surface area (TPSA) is 63.4 Å². The molecule has 1 aliphatic rings. The van der Waals surface area contributed by atoms with Crippen LogP contribution in [0.5, 0.6) is 0 Å². The molecule has 0 N–H and O–H groups in total. The first-order valence-electron chi connectivity index (χ1n) is 9.41. The summed E-state index contributed by atoms with van der Waals surface area (Å²) in [6.07, 6.45) is 5.41. The van der Waals surface area contributed by atoms with Crippen LogP contribution in [0.2, 0.25) is 0 Å². The lowest BCUT2D eigenvalue weighted by molar-refractivity contribution is -0.130. The van der Waals surface area contributed by atoms with Crippen molar-refractivity contribution >= 4 is 11.6 Å². The second-order valence-electron chi connectivity index (χ2n) is 6.86. The Kier molecular flexibility index (Phi) is 5.81. The Balaban J connectivity index is 1.91. The molecule has 0 bridgehead atoms. The van der Waals surface area contributed by atoms with Gasteiger partial charge in [-0.3, -0.25) is 4.79 Å². The van der Waals surface area contributed by atoms with Crippen molar-refractivity contribution in [3.63, 3.8) is 0 Å². The number of carbonyl (C=O) groups is 1. The Morgan fingerprint density at radius 1 is 1.15 bits per heavy atom. The highest BCUT2D eigenvalue weighted by Crippen LogP contribution is 2.16. The predicted molar refractivity (Wildman–Crippen MR) is 102 cm³/mol. The van der Waals surface area contributed by atoms with Gasteiger partial charge in [0, 0.05) is 26.3 Å². The van der Waals surface area contributed by atoms with E-state index >= 15 is 0 Å².